The van der Waals surface area contributed by atoms with Crippen LogP contribution in [0.2, 0.25) is 0 Å². The van der Waals surface area contributed by atoms with Crippen LogP contribution in [0.4, 0.5) is 20.2 Å². The van der Waals surface area contributed by atoms with E-state index in [2.05, 4.69) is 57.0 Å². The number of benzene rings is 2. The Balaban J connectivity index is 1.17. The highest BCUT2D eigenvalue weighted by atomic mass is 19.1. The number of guanidine groups is 1. The molecule has 0 amide bonds. The molecule has 49 heavy (non-hydrogen) atoms. The molecule has 1 fully saturated rings. The molecule has 0 aliphatic carbocycles. The Morgan fingerprint density at radius 1 is 1.00 bits per heavy atom. The number of hydrogen-bond donors (Lipinski definition) is 3. The molecule has 2 aromatic carbocycles. The monoisotopic (exact) mass is 666 g/mol. The highest BCUT2D eigenvalue weighted by Crippen LogP contribution is 2.35. The highest BCUT2D eigenvalue weighted by molar-refractivity contribution is 6.16. The second kappa shape index (κ2) is 15.4. The van der Waals surface area contributed by atoms with Gasteiger partial charge >= 0.3 is 0 Å². The molecule has 8 nitrogen and oxygen atoms in total. The van der Waals surface area contributed by atoms with Crippen molar-refractivity contribution in [1.29, 1.82) is 5.41 Å². The molecule has 1 aromatic heterocycles. The minimum atomic E-state index is -0.517. The summed E-state index contributed by atoms with van der Waals surface area (Å²) in [6.07, 6.45) is 7.15. The normalized spacial score (nSPS) is 21.9. The number of piperazine rings is 1. The van der Waals surface area contributed by atoms with E-state index in [1.54, 1.807) is 0 Å². The molecule has 6 rings (SSSR count). The summed E-state index contributed by atoms with van der Waals surface area (Å²) in [5.41, 5.74) is 9.12. The molecular weight excluding hydrogens is 618 g/mol. The third-order valence-electron chi connectivity index (χ3n) is 9.85. The first-order valence-electron chi connectivity index (χ1n) is 17.5. The van der Waals surface area contributed by atoms with Gasteiger partial charge in [-0.05, 0) is 87.1 Å². The van der Waals surface area contributed by atoms with Crippen LogP contribution in [-0.4, -0.2) is 72.8 Å². The van der Waals surface area contributed by atoms with Crippen LogP contribution in [0, 0.1) is 24.0 Å². The molecule has 3 aromatic rings. The Morgan fingerprint density at radius 3 is 2.55 bits per heavy atom. The van der Waals surface area contributed by atoms with Crippen molar-refractivity contribution in [1.82, 2.24) is 20.1 Å². The number of nitrogens with one attached hydrogen (secondary N) is 3. The summed E-state index contributed by atoms with van der Waals surface area (Å²) in [7, 11) is 1.92. The van der Waals surface area contributed by atoms with Gasteiger partial charge in [0.05, 0.1) is 22.8 Å². The summed E-state index contributed by atoms with van der Waals surface area (Å²) in [5, 5.41) is 15.1. The second-order valence-corrected chi connectivity index (χ2v) is 13.5. The molecule has 1 saturated heterocycles. The molecule has 10 heteroatoms. The lowest BCUT2D eigenvalue weighted by Gasteiger charge is -2.40. The van der Waals surface area contributed by atoms with E-state index in [1.165, 1.54) is 23.9 Å². The molecule has 4 heterocycles. The van der Waals surface area contributed by atoms with Gasteiger partial charge in [-0.15, -0.1) is 0 Å². The van der Waals surface area contributed by atoms with Crippen LogP contribution in [-0.2, 0) is 13.0 Å². The first kappa shape index (κ1) is 34.5. The zero-order chi connectivity index (χ0) is 34.5. The molecule has 2 bridgehead atoms. The molecular formula is C39H48F2N8. The number of allylic oxidation sites excluding steroid dienone is 2. The van der Waals surface area contributed by atoms with Crippen molar-refractivity contribution < 1.29 is 8.78 Å². The van der Waals surface area contributed by atoms with Crippen molar-refractivity contribution in [3.05, 3.63) is 101 Å². The van der Waals surface area contributed by atoms with Gasteiger partial charge < -0.3 is 20.9 Å². The molecule has 258 valence electrons. The van der Waals surface area contributed by atoms with Crippen LogP contribution in [0.1, 0.15) is 67.1 Å². The van der Waals surface area contributed by atoms with Crippen LogP contribution in [0.3, 0.4) is 0 Å². The van der Waals surface area contributed by atoms with Crippen molar-refractivity contribution in [2.24, 2.45) is 4.99 Å². The van der Waals surface area contributed by atoms with Crippen molar-refractivity contribution in [2.45, 2.75) is 65.0 Å². The zero-order valence-corrected chi connectivity index (χ0v) is 29.0. The van der Waals surface area contributed by atoms with Gasteiger partial charge in [0.2, 0.25) is 5.96 Å². The number of aryl methyl sites for hydroxylation is 1. The summed E-state index contributed by atoms with van der Waals surface area (Å²) < 4.78 is 27.3. The van der Waals surface area contributed by atoms with Gasteiger partial charge in [-0.3, -0.25) is 14.8 Å². The predicted molar refractivity (Wildman–Crippen MR) is 197 cm³/mol. The Bertz CT molecular complexity index is 1750. The molecule has 0 saturated carbocycles. The fourth-order valence-corrected chi connectivity index (χ4v) is 7.25. The van der Waals surface area contributed by atoms with Gasteiger partial charge in [-0.25, -0.2) is 13.8 Å². The van der Waals surface area contributed by atoms with Crippen molar-refractivity contribution >= 4 is 34.8 Å². The van der Waals surface area contributed by atoms with Crippen molar-refractivity contribution in [2.75, 3.05) is 50.0 Å². The number of aromatic nitrogens is 1. The average Bonchev–Trinajstić information content (AvgIpc) is 3.40. The SMILES string of the molecule is C=C1/N=C2\Nc3ccc(CN4CCN(CCc5cc(F)cc(F)c5)[C@@H](C)C4)cc3N2CCCCCC/C(NC)=C(/C=N)c2cc1cc(C)n2. The van der Waals surface area contributed by atoms with E-state index >= 15 is 0 Å². The largest absolute Gasteiger partial charge is 0.391 e. The number of halogens is 2. The average molecular weight is 667 g/mol. The molecule has 1 atom stereocenters. The van der Waals surface area contributed by atoms with E-state index in [0.29, 0.717) is 23.7 Å². The maximum Gasteiger partial charge on any atom is 0.208 e. The van der Waals surface area contributed by atoms with Gasteiger partial charge in [0.15, 0.2) is 0 Å². The summed E-state index contributed by atoms with van der Waals surface area (Å²) in [6, 6.07) is 14.8. The van der Waals surface area contributed by atoms with E-state index in [1.807, 2.05) is 26.1 Å². The summed E-state index contributed by atoms with van der Waals surface area (Å²) in [5.74, 6) is -0.255. The van der Waals surface area contributed by atoms with Crippen LogP contribution in [0.25, 0.3) is 11.3 Å². The second-order valence-electron chi connectivity index (χ2n) is 13.5. The van der Waals surface area contributed by atoms with Crippen LogP contribution in [0.15, 0.2) is 65.8 Å². The lowest BCUT2D eigenvalue weighted by molar-refractivity contribution is 0.0799. The highest BCUT2D eigenvalue weighted by Gasteiger charge is 2.28. The van der Waals surface area contributed by atoms with E-state index in [4.69, 9.17) is 15.4 Å². The Kier molecular flexibility index (Phi) is 10.8. The van der Waals surface area contributed by atoms with Gasteiger partial charge in [0, 0.05) is 87.2 Å². The van der Waals surface area contributed by atoms with Gasteiger partial charge in [-0.1, -0.05) is 25.5 Å². The minimum Gasteiger partial charge on any atom is -0.391 e. The molecule has 0 spiro atoms. The number of rotatable bonds is 7. The topological polar surface area (TPSA) is 82.9 Å². The number of nitrogens with zero attached hydrogens (tertiary/aromatic N) is 5. The maximum atomic E-state index is 13.7. The molecule has 0 unspecified atom stereocenters. The Morgan fingerprint density at radius 2 is 1.80 bits per heavy atom. The quantitative estimate of drug-likeness (QED) is 0.231. The first-order chi connectivity index (χ1) is 23.7. The molecule has 0 radical (unpaired) electrons. The van der Waals surface area contributed by atoms with Crippen LogP contribution >= 0.6 is 0 Å². The number of hydrogen-bond acceptors (Lipinski definition) is 8. The van der Waals surface area contributed by atoms with E-state index in [-0.39, 0.29) is 0 Å². The Hall–Kier alpha value is -4.41. The Labute approximate surface area is 289 Å². The van der Waals surface area contributed by atoms with Gasteiger partial charge in [0.25, 0.3) is 0 Å². The molecule has 3 N–H and O–H groups in total. The summed E-state index contributed by atoms with van der Waals surface area (Å²) >= 11 is 0. The standard InChI is InChI=1S/C39H48F2N8/c1-26-17-31-21-37(44-26)34(23-42)35(43-4)9-7-5-6-8-13-49-38-20-30(10-11-36(38)46-39(49)45-28(31)3)25-47-15-16-48(27(2)24-47)14-12-29-18-32(40)22-33(41)19-29/h10-11,17-23,27,42-43H,3,5-9,12-16,24-25H2,1-2,4H3,(H,45,46)/b35-34+,42-23?/t27-/m0/s1. The zero-order valence-electron chi connectivity index (χ0n) is 29.0. The minimum absolute atomic E-state index is 0.340. The molecule has 3 aliphatic heterocycles. The third-order valence-corrected chi connectivity index (χ3v) is 9.85. The third kappa shape index (κ3) is 8.25. The first-order valence-corrected chi connectivity index (χ1v) is 17.5. The summed E-state index contributed by atoms with van der Waals surface area (Å²) in [6.45, 7) is 13.8. The fraction of sp³-hybridized carbons (Fsp3) is 0.410. The lowest BCUT2D eigenvalue weighted by Crippen LogP contribution is -2.51. The van der Waals surface area contributed by atoms with Crippen LogP contribution in [0.5, 0.6) is 0 Å². The fourth-order valence-electron chi connectivity index (χ4n) is 7.25. The predicted octanol–water partition coefficient (Wildman–Crippen LogP) is 7.22. The van der Waals surface area contributed by atoms with E-state index in [0.717, 1.165) is 123 Å². The number of pyridine rings is 1. The number of fused-ring (bicyclic) bond motifs is 5. The van der Waals surface area contributed by atoms with Crippen molar-refractivity contribution in [3.63, 3.8) is 0 Å². The van der Waals surface area contributed by atoms with Gasteiger partial charge in [-0.2, -0.15) is 0 Å². The van der Waals surface area contributed by atoms with Crippen molar-refractivity contribution in [3.8, 4) is 0 Å². The van der Waals surface area contributed by atoms with E-state index < -0.39 is 11.6 Å². The van der Waals surface area contributed by atoms with E-state index in [9.17, 15) is 8.78 Å². The maximum absolute atomic E-state index is 13.7. The van der Waals surface area contributed by atoms with Crippen LogP contribution < -0.4 is 15.5 Å². The number of aliphatic imine (C=N–C) groups is 1. The smallest absolute Gasteiger partial charge is 0.208 e. The lowest BCUT2D eigenvalue weighted by atomic mass is 10.0. The summed E-state index contributed by atoms with van der Waals surface area (Å²) in [4.78, 5) is 17.0. The molecule has 3 aliphatic rings. The number of anilines is 2. The van der Waals surface area contributed by atoms with Gasteiger partial charge in [0.1, 0.15) is 11.6 Å².